The van der Waals surface area contributed by atoms with Gasteiger partial charge in [0.2, 0.25) is 0 Å². The number of pyridine rings is 2. The van der Waals surface area contributed by atoms with Crippen molar-refractivity contribution < 1.29 is 20.1 Å². The number of benzene rings is 5. The Balaban J connectivity index is 0.000000197. The fourth-order valence-electron chi connectivity index (χ4n) is 7.88. The van der Waals surface area contributed by atoms with Crippen LogP contribution in [0.4, 0.5) is 0 Å². The molecule has 8 rings (SSSR count). The number of aromatic nitrogens is 5. The van der Waals surface area contributed by atoms with Gasteiger partial charge in [-0.1, -0.05) is 75.2 Å². The second-order valence-electron chi connectivity index (χ2n) is 15.4. The summed E-state index contributed by atoms with van der Waals surface area (Å²) in [5.74, 6) is 1.98. The molecule has 0 spiro atoms. The molecule has 294 valence electrons. The second kappa shape index (κ2) is 18.3. The zero-order valence-corrected chi connectivity index (χ0v) is 37.9. The van der Waals surface area contributed by atoms with Gasteiger partial charge in [0, 0.05) is 11.8 Å². The van der Waals surface area contributed by atoms with E-state index in [1.165, 1.54) is 38.9 Å². The second-order valence-corrected chi connectivity index (χ2v) is 15.4. The molecule has 0 aliphatic rings. The summed E-state index contributed by atoms with van der Waals surface area (Å²) in [6.07, 6.45) is 1.81. The van der Waals surface area contributed by atoms with Gasteiger partial charge in [0.25, 0.3) is 0 Å². The van der Waals surface area contributed by atoms with Crippen molar-refractivity contribution >= 4 is 0 Å². The molecule has 5 aromatic carbocycles. The Bertz CT molecular complexity index is 2600. The average molecular weight is 947 g/mol. The zero-order valence-electron chi connectivity index (χ0n) is 35.5. The molecule has 0 amide bonds. The Morgan fingerprint density at radius 2 is 0.898 bits per heavy atom. The molecular weight excluding hydrogens is 899 g/mol. The summed E-state index contributed by atoms with van der Waals surface area (Å²) in [5.41, 5.74) is 20.9. The van der Waals surface area contributed by atoms with Crippen molar-refractivity contribution in [2.24, 2.45) is 0 Å². The summed E-state index contributed by atoms with van der Waals surface area (Å²) >= 11 is 0. The van der Waals surface area contributed by atoms with Crippen LogP contribution < -0.4 is 0 Å². The molecule has 6 heteroatoms. The molecule has 0 fully saturated rings. The van der Waals surface area contributed by atoms with Crippen molar-refractivity contribution in [1.82, 2.24) is 24.9 Å². The standard InChI is InChI=1S/C28H27N3.C25H21N2.Ir/c1-16-8-10-23(19(4)12-16)26-29-27(24-11-9-17(2)13-20(24)5)31-28(30-26)25-21(6)14-18(3)15-22(25)7;1-17-13-18(2)25(19(3)14-17)21-15-23(20-9-5-4-6-10-20)27-24(16-21)22-11-7-8-12-26-22;/h8-9,12-15H,1-7H3;4-9,11-16H,1-3H3;/q-2;-1;+3. The van der Waals surface area contributed by atoms with Crippen LogP contribution in [0.2, 0.25) is 0 Å². The molecule has 0 aliphatic carbocycles. The van der Waals surface area contributed by atoms with E-state index in [2.05, 4.69) is 141 Å². The van der Waals surface area contributed by atoms with E-state index < -0.39 is 0 Å². The van der Waals surface area contributed by atoms with Crippen molar-refractivity contribution in [3.05, 3.63) is 183 Å². The van der Waals surface area contributed by atoms with Gasteiger partial charge in [-0.15, -0.1) is 106 Å². The molecule has 3 heterocycles. The Labute approximate surface area is 363 Å². The molecule has 0 atom stereocenters. The molecule has 0 N–H and O–H groups in total. The molecule has 59 heavy (non-hydrogen) atoms. The van der Waals surface area contributed by atoms with Crippen molar-refractivity contribution in [1.29, 1.82) is 0 Å². The fourth-order valence-corrected chi connectivity index (χ4v) is 7.88. The van der Waals surface area contributed by atoms with Crippen LogP contribution in [0.15, 0.2) is 109 Å². The Hall–Kier alpha value is -5.94. The minimum Gasteiger partial charge on any atom is -0.308 e. The molecule has 3 aromatic heterocycles. The van der Waals surface area contributed by atoms with Crippen LogP contribution in [0, 0.1) is 87.4 Å². The van der Waals surface area contributed by atoms with Crippen molar-refractivity contribution in [2.75, 3.05) is 0 Å². The summed E-state index contributed by atoms with van der Waals surface area (Å²) < 4.78 is 0. The number of nitrogens with zero attached hydrogens (tertiary/aromatic N) is 5. The first-order valence-corrected chi connectivity index (χ1v) is 19.7. The summed E-state index contributed by atoms with van der Waals surface area (Å²) in [4.78, 5) is 24.1. The van der Waals surface area contributed by atoms with E-state index in [4.69, 9.17) is 19.9 Å². The van der Waals surface area contributed by atoms with Gasteiger partial charge in [0.05, 0.1) is 23.0 Å². The summed E-state index contributed by atoms with van der Waals surface area (Å²) in [5, 5.41) is 0. The van der Waals surface area contributed by atoms with Gasteiger partial charge in [-0.3, -0.25) is 19.9 Å². The van der Waals surface area contributed by atoms with E-state index in [0.717, 1.165) is 67.2 Å². The summed E-state index contributed by atoms with van der Waals surface area (Å²) in [6.45, 7) is 21.1. The minimum absolute atomic E-state index is 0. The third kappa shape index (κ3) is 9.69. The van der Waals surface area contributed by atoms with E-state index in [-0.39, 0.29) is 20.1 Å². The number of rotatable bonds is 6. The molecule has 0 radical (unpaired) electrons. The topological polar surface area (TPSA) is 64.5 Å². The molecule has 5 nitrogen and oxygen atoms in total. The van der Waals surface area contributed by atoms with E-state index >= 15 is 0 Å². The first-order valence-electron chi connectivity index (χ1n) is 19.7. The monoisotopic (exact) mass is 947 g/mol. The van der Waals surface area contributed by atoms with Crippen molar-refractivity contribution in [2.45, 2.75) is 69.2 Å². The van der Waals surface area contributed by atoms with Crippen LogP contribution in [-0.2, 0) is 20.1 Å². The fraction of sp³-hybridized carbons (Fsp3) is 0.189. The van der Waals surface area contributed by atoms with Crippen LogP contribution in [0.5, 0.6) is 0 Å². The van der Waals surface area contributed by atoms with Gasteiger partial charge >= 0.3 is 20.1 Å². The van der Waals surface area contributed by atoms with Gasteiger partial charge in [0.15, 0.2) is 0 Å². The van der Waals surface area contributed by atoms with Crippen LogP contribution in [0.25, 0.3) is 67.9 Å². The van der Waals surface area contributed by atoms with Crippen LogP contribution in [0.3, 0.4) is 0 Å². The largest absolute Gasteiger partial charge is 3.00 e. The van der Waals surface area contributed by atoms with Crippen molar-refractivity contribution in [3.63, 3.8) is 0 Å². The molecule has 0 unspecified atom stereocenters. The maximum Gasteiger partial charge on any atom is 3.00 e. The van der Waals surface area contributed by atoms with Crippen LogP contribution >= 0.6 is 0 Å². The van der Waals surface area contributed by atoms with Gasteiger partial charge in [-0.2, -0.15) is 0 Å². The first-order chi connectivity index (χ1) is 27.8. The molecule has 0 bridgehead atoms. The Morgan fingerprint density at radius 3 is 1.39 bits per heavy atom. The summed E-state index contributed by atoms with van der Waals surface area (Å²) in [7, 11) is 0. The first kappa shape index (κ1) is 42.7. The molecule has 0 saturated carbocycles. The summed E-state index contributed by atoms with van der Waals surface area (Å²) in [6, 6.07) is 45.3. The minimum atomic E-state index is 0. The predicted octanol–water partition coefficient (Wildman–Crippen LogP) is 12.8. The zero-order chi connectivity index (χ0) is 41.1. The molecule has 8 aromatic rings. The van der Waals surface area contributed by atoms with Crippen LogP contribution in [-0.4, -0.2) is 24.9 Å². The third-order valence-electron chi connectivity index (χ3n) is 10.3. The molecule has 0 aliphatic heterocycles. The predicted molar refractivity (Wildman–Crippen MR) is 238 cm³/mol. The maximum atomic E-state index is 4.92. The van der Waals surface area contributed by atoms with Crippen molar-refractivity contribution in [3.8, 4) is 67.9 Å². The maximum absolute atomic E-state index is 4.92. The number of aryl methyl sites for hydroxylation is 10. The third-order valence-corrected chi connectivity index (χ3v) is 10.3. The Morgan fingerprint density at radius 1 is 0.407 bits per heavy atom. The molecular formula is C53H48IrN5. The van der Waals surface area contributed by atoms with E-state index in [0.29, 0.717) is 17.5 Å². The van der Waals surface area contributed by atoms with E-state index in [9.17, 15) is 0 Å². The normalized spacial score (nSPS) is 10.7. The average Bonchev–Trinajstić information content (AvgIpc) is 3.18. The van der Waals surface area contributed by atoms with E-state index in [1.54, 1.807) is 6.20 Å². The molecule has 0 saturated heterocycles. The van der Waals surface area contributed by atoms with Gasteiger partial charge in [-0.05, 0) is 98.8 Å². The number of hydrogen-bond acceptors (Lipinski definition) is 5. The van der Waals surface area contributed by atoms with Gasteiger partial charge in [0.1, 0.15) is 5.82 Å². The van der Waals surface area contributed by atoms with Gasteiger partial charge < -0.3 is 4.98 Å². The van der Waals surface area contributed by atoms with Crippen LogP contribution in [0.1, 0.15) is 55.6 Å². The number of hydrogen-bond donors (Lipinski definition) is 0. The smallest absolute Gasteiger partial charge is 0.308 e. The Kier molecular flexibility index (Phi) is 13.3. The van der Waals surface area contributed by atoms with E-state index in [1.807, 2.05) is 54.6 Å². The quantitative estimate of drug-likeness (QED) is 0.155. The SMILES string of the molecule is Cc1c[c-]c(-c2nc(-c3[c-]cc(C)cc3C)nc(-c3c(C)cc(C)cc3C)n2)c(C)c1.Cc1cc(C)c(-c2cc(-c3[c-]cccc3)nc(-c3ccccn3)c2)c(C)c1.[Ir+3]. The van der Waals surface area contributed by atoms with Gasteiger partial charge in [-0.25, -0.2) is 0 Å².